The maximum absolute atomic E-state index is 11.2. The second kappa shape index (κ2) is 3.68. The summed E-state index contributed by atoms with van der Waals surface area (Å²) < 4.78 is 11.2. The van der Waals surface area contributed by atoms with Crippen LogP contribution in [0.4, 0.5) is 0 Å². The van der Waals surface area contributed by atoms with Crippen LogP contribution in [0.3, 0.4) is 0 Å². The molecule has 0 saturated carbocycles. The van der Waals surface area contributed by atoms with Crippen molar-refractivity contribution in [1.82, 2.24) is 10.2 Å². The fraction of sp³-hybridized carbons (Fsp3) is 1.00. The van der Waals surface area contributed by atoms with Crippen molar-refractivity contribution in [2.24, 2.45) is 10.9 Å². The highest BCUT2D eigenvalue weighted by Gasteiger charge is 2.16. The molecular weight excluding hydrogens is 161 g/mol. The number of hydrogen-bond donors (Lipinski definition) is 3. The first kappa shape index (κ1) is 11.1. The standard InChI is InChI=1S/C6H18N3OP/c1-6(2,3)5-9-11(7,10)8-4/h5H2,1-4H3,(H4,7,8,9,10). The second-order valence-corrected chi connectivity index (χ2v) is 5.86. The van der Waals surface area contributed by atoms with Crippen LogP contribution in [0.25, 0.3) is 0 Å². The minimum absolute atomic E-state index is 0.103. The Bertz CT molecular complexity index is 164. The molecule has 0 aliphatic heterocycles. The Kier molecular flexibility index (Phi) is 3.71. The van der Waals surface area contributed by atoms with E-state index in [-0.39, 0.29) is 5.41 Å². The molecule has 0 heterocycles. The molecule has 0 spiro atoms. The van der Waals surface area contributed by atoms with Crippen LogP contribution in [0.1, 0.15) is 20.8 Å². The minimum Gasteiger partial charge on any atom is -0.271 e. The van der Waals surface area contributed by atoms with Crippen molar-refractivity contribution in [3.05, 3.63) is 0 Å². The van der Waals surface area contributed by atoms with Gasteiger partial charge in [0.2, 0.25) is 0 Å². The lowest BCUT2D eigenvalue weighted by molar-refractivity contribution is 0.406. The summed E-state index contributed by atoms with van der Waals surface area (Å²) in [7, 11) is -1.19. The lowest BCUT2D eigenvalue weighted by Crippen LogP contribution is -2.31. The molecule has 68 valence electrons. The zero-order valence-corrected chi connectivity index (χ0v) is 8.53. The van der Waals surface area contributed by atoms with Gasteiger partial charge in [-0.2, -0.15) is 0 Å². The van der Waals surface area contributed by atoms with E-state index in [1.54, 1.807) is 7.05 Å². The topological polar surface area (TPSA) is 67.1 Å². The van der Waals surface area contributed by atoms with Gasteiger partial charge in [0, 0.05) is 6.54 Å². The summed E-state index contributed by atoms with van der Waals surface area (Å²) in [5.74, 6) is 0. The van der Waals surface area contributed by atoms with Crippen molar-refractivity contribution in [2.75, 3.05) is 13.6 Å². The Morgan fingerprint density at radius 3 is 2.18 bits per heavy atom. The van der Waals surface area contributed by atoms with Crippen molar-refractivity contribution in [3.63, 3.8) is 0 Å². The van der Waals surface area contributed by atoms with Crippen molar-refractivity contribution in [2.45, 2.75) is 20.8 Å². The van der Waals surface area contributed by atoms with Crippen molar-refractivity contribution in [3.8, 4) is 0 Å². The van der Waals surface area contributed by atoms with Crippen LogP contribution < -0.4 is 15.7 Å². The average Bonchev–Trinajstić information content (AvgIpc) is 1.83. The van der Waals surface area contributed by atoms with Gasteiger partial charge in [-0.25, -0.2) is 10.2 Å². The molecule has 1 atom stereocenters. The summed E-state index contributed by atoms with van der Waals surface area (Å²) in [5.41, 5.74) is 5.46. The van der Waals surface area contributed by atoms with Gasteiger partial charge in [-0.3, -0.25) is 10.1 Å². The van der Waals surface area contributed by atoms with E-state index in [1.165, 1.54) is 0 Å². The van der Waals surface area contributed by atoms with E-state index < -0.39 is 7.59 Å². The molecule has 0 aliphatic rings. The molecule has 0 aliphatic carbocycles. The number of nitrogens with two attached hydrogens (primary N) is 1. The van der Waals surface area contributed by atoms with Crippen LogP contribution in [-0.2, 0) is 4.57 Å². The van der Waals surface area contributed by atoms with Crippen LogP contribution in [0, 0.1) is 5.41 Å². The summed E-state index contributed by atoms with van der Waals surface area (Å²) in [6.07, 6.45) is 0. The van der Waals surface area contributed by atoms with E-state index >= 15 is 0 Å². The smallest absolute Gasteiger partial charge is 0.271 e. The van der Waals surface area contributed by atoms with E-state index in [1.807, 2.05) is 0 Å². The second-order valence-electron chi connectivity index (χ2n) is 3.78. The molecule has 5 heteroatoms. The Balaban J connectivity index is 3.80. The molecule has 4 nitrogen and oxygen atoms in total. The van der Waals surface area contributed by atoms with E-state index in [4.69, 9.17) is 5.50 Å². The molecule has 0 rings (SSSR count). The molecular formula is C6H18N3OP. The van der Waals surface area contributed by atoms with E-state index in [0.29, 0.717) is 6.54 Å². The predicted octanol–water partition coefficient (Wildman–Crippen LogP) is 0.908. The molecule has 0 saturated heterocycles. The lowest BCUT2D eigenvalue weighted by atomic mass is 9.98. The zero-order chi connectivity index (χ0) is 9.12. The van der Waals surface area contributed by atoms with E-state index in [0.717, 1.165) is 0 Å². The summed E-state index contributed by atoms with van der Waals surface area (Å²) in [6.45, 7) is 6.79. The fourth-order valence-electron chi connectivity index (χ4n) is 0.434. The van der Waals surface area contributed by atoms with Gasteiger partial charge in [-0.1, -0.05) is 20.8 Å². The van der Waals surface area contributed by atoms with Gasteiger partial charge in [0.25, 0.3) is 7.59 Å². The molecule has 4 N–H and O–H groups in total. The van der Waals surface area contributed by atoms with Crippen LogP contribution in [0.15, 0.2) is 0 Å². The summed E-state index contributed by atoms with van der Waals surface area (Å²) in [6, 6.07) is 0. The molecule has 1 unspecified atom stereocenters. The zero-order valence-electron chi connectivity index (χ0n) is 7.64. The summed E-state index contributed by atoms with van der Waals surface area (Å²) in [4.78, 5) is 0. The number of hydrogen-bond acceptors (Lipinski definition) is 1. The Morgan fingerprint density at radius 2 is 1.91 bits per heavy atom. The molecule has 0 aromatic rings. The highest BCUT2D eigenvalue weighted by molar-refractivity contribution is 7.57. The average molecular weight is 179 g/mol. The predicted molar refractivity (Wildman–Crippen MR) is 48.3 cm³/mol. The van der Waals surface area contributed by atoms with Gasteiger partial charge < -0.3 is 0 Å². The van der Waals surface area contributed by atoms with Gasteiger partial charge in [0.15, 0.2) is 0 Å². The highest BCUT2D eigenvalue weighted by Crippen LogP contribution is 2.25. The molecule has 0 fully saturated rings. The third kappa shape index (κ3) is 6.51. The molecule has 0 radical (unpaired) electrons. The molecule has 0 aromatic heterocycles. The first-order valence-corrected chi connectivity index (χ1v) is 5.37. The van der Waals surface area contributed by atoms with Crippen molar-refractivity contribution in [1.29, 1.82) is 0 Å². The highest BCUT2D eigenvalue weighted by atomic mass is 31.2. The first-order valence-electron chi connectivity index (χ1n) is 3.60. The quantitative estimate of drug-likeness (QED) is 0.563. The van der Waals surface area contributed by atoms with Gasteiger partial charge in [-0.15, -0.1) is 0 Å². The van der Waals surface area contributed by atoms with Gasteiger partial charge in [0.1, 0.15) is 0 Å². The van der Waals surface area contributed by atoms with Gasteiger partial charge in [0.05, 0.1) is 0 Å². The van der Waals surface area contributed by atoms with Crippen LogP contribution in [-0.4, -0.2) is 13.6 Å². The van der Waals surface area contributed by atoms with Crippen molar-refractivity contribution < 1.29 is 4.57 Å². The van der Waals surface area contributed by atoms with E-state index in [2.05, 4.69) is 30.9 Å². The Morgan fingerprint density at radius 1 is 1.45 bits per heavy atom. The summed E-state index contributed by atoms with van der Waals surface area (Å²) in [5, 5.41) is 5.31. The number of rotatable bonds is 3. The fourth-order valence-corrected chi connectivity index (χ4v) is 1.30. The maximum Gasteiger partial charge on any atom is 0.276 e. The molecule has 0 amide bonds. The minimum atomic E-state index is -2.77. The first-order chi connectivity index (χ1) is 4.77. The van der Waals surface area contributed by atoms with Crippen LogP contribution >= 0.6 is 7.59 Å². The monoisotopic (exact) mass is 179 g/mol. The SMILES string of the molecule is CNP(N)(=O)NCC(C)(C)C. The maximum atomic E-state index is 11.2. The van der Waals surface area contributed by atoms with Gasteiger partial charge in [-0.05, 0) is 12.5 Å². The normalized spacial score (nSPS) is 17.9. The Hall–Kier alpha value is 0.110. The van der Waals surface area contributed by atoms with Crippen LogP contribution in [0.5, 0.6) is 0 Å². The van der Waals surface area contributed by atoms with Crippen LogP contribution in [0.2, 0.25) is 0 Å². The van der Waals surface area contributed by atoms with Crippen molar-refractivity contribution >= 4 is 7.59 Å². The largest absolute Gasteiger partial charge is 0.276 e. The Labute approximate surface area is 68.5 Å². The molecule has 11 heavy (non-hydrogen) atoms. The van der Waals surface area contributed by atoms with E-state index in [9.17, 15) is 4.57 Å². The van der Waals surface area contributed by atoms with Gasteiger partial charge >= 0.3 is 0 Å². The lowest BCUT2D eigenvalue weighted by Gasteiger charge is -2.21. The third-order valence-electron chi connectivity index (χ3n) is 1.18. The third-order valence-corrected chi connectivity index (χ3v) is 2.47. The molecule has 0 bridgehead atoms. The number of nitrogens with one attached hydrogen (secondary N) is 2. The molecule has 0 aromatic carbocycles. The summed E-state index contributed by atoms with van der Waals surface area (Å²) >= 11 is 0.